The molecule has 2 amide bonds. The number of carbonyl (C=O) groups is 3. The van der Waals surface area contributed by atoms with Crippen LogP contribution < -0.4 is 5.32 Å². The van der Waals surface area contributed by atoms with Gasteiger partial charge in [0.05, 0.1) is 17.3 Å². The van der Waals surface area contributed by atoms with E-state index in [1.807, 2.05) is 41.0 Å². The van der Waals surface area contributed by atoms with E-state index in [0.29, 0.717) is 10.1 Å². The summed E-state index contributed by atoms with van der Waals surface area (Å²) < 4.78 is 9.75. The predicted octanol–water partition coefficient (Wildman–Crippen LogP) is 2.59. The zero-order valence-corrected chi connectivity index (χ0v) is 14.4. The smallest absolute Gasteiger partial charge is 0.413 e. The molecule has 1 aromatic carbocycles. The molecule has 6 nitrogen and oxygen atoms in total. The van der Waals surface area contributed by atoms with E-state index in [4.69, 9.17) is 4.74 Å². The molecule has 0 radical (unpaired) electrons. The Labute approximate surface area is 142 Å². The summed E-state index contributed by atoms with van der Waals surface area (Å²) in [5, 5.41) is 1.95. The number of esters is 1. The third-order valence-corrected chi connectivity index (χ3v) is 6.21. The topological polar surface area (TPSA) is 81.7 Å². The Hall–Kier alpha value is -1.67. The second kappa shape index (κ2) is 8.26. The van der Waals surface area contributed by atoms with E-state index >= 15 is 0 Å². The van der Waals surface area contributed by atoms with E-state index < -0.39 is 24.1 Å². The van der Waals surface area contributed by atoms with Crippen molar-refractivity contribution in [3.63, 3.8) is 0 Å². The Morgan fingerprint density at radius 3 is 2.35 bits per heavy atom. The number of hydrogen-bond donors (Lipinski definition) is 1. The minimum absolute atomic E-state index is 0.361. The van der Waals surface area contributed by atoms with Crippen LogP contribution in [0.2, 0.25) is 0 Å². The molecule has 0 spiro atoms. The van der Waals surface area contributed by atoms with Crippen LogP contribution in [0.1, 0.15) is 27.4 Å². The molecule has 1 saturated heterocycles. The fourth-order valence-electron chi connectivity index (χ4n) is 1.86. The van der Waals surface area contributed by atoms with Gasteiger partial charge in [-0.1, -0.05) is 12.1 Å². The summed E-state index contributed by atoms with van der Waals surface area (Å²) in [5.74, 6) is 0.911. The number of benzene rings is 1. The van der Waals surface area contributed by atoms with Crippen LogP contribution in [0, 0.1) is 0 Å². The molecule has 2 rings (SSSR count). The molecule has 1 aromatic rings. The molecule has 0 bridgehead atoms. The van der Waals surface area contributed by atoms with Crippen LogP contribution in [-0.4, -0.2) is 42.7 Å². The summed E-state index contributed by atoms with van der Waals surface area (Å²) in [5.41, 5.74) is 1.52. The van der Waals surface area contributed by atoms with Gasteiger partial charge in [-0.3, -0.25) is 10.1 Å². The summed E-state index contributed by atoms with van der Waals surface area (Å²) in [6.07, 6.45) is -1.99. The van der Waals surface area contributed by atoms with Crippen LogP contribution in [0.25, 0.3) is 0 Å². The quantitative estimate of drug-likeness (QED) is 0.831. The van der Waals surface area contributed by atoms with Crippen molar-refractivity contribution in [2.75, 3.05) is 18.6 Å². The van der Waals surface area contributed by atoms with Crippen LogP contribution >= 0.6 is 23.5 Å². The molecule has 1 N–H and O–H groups in total. The molecule has 0 aromatic heterocycles. The number of thioether (sulfide) groups is 2. The molecular formula is C15H17NO5S2. The number of methoxy groups -OCH3 is 1. The van der Waals surface area contributed by atoms with Crippen LogP contribution in [0.3, 0.4) is 0 Å². The van der Waals surface area contributed by atoms with Gasteiger partial charge in [-0.25, -0.2) is 9.59 Å². The van der Waals surface area contributed by atoms with Gasteiger partial charge in [-0.2, -0.15) is 0 Å². The van der Waals surface area contributed by atoms with Gasteiger partial charge in [0.2, 0.25) is 0 Å². The van der Waals surface area contributed by atoms with Crippen molar-refractivity contribution >= 4 is 41.5 Å². The predicted molar refractivity (Wildman–Crippen MR) is 89.5 cm³/mol. The number of nitrogens with one attached hydrogen (secondary N) is 1. The molecule has 1 aliphatic rings. The molecule has 0 saturated carbocycles. The minimum atomic E-state index is -1.10. The van der Waals surface area contributed by atoms with Crippen LogP contribution in [-0.2, 0) is 14.3 Å². The third-order valence-electron chi connectivity index (χ3n) is 3.10. The van der Waals surface area contributed by atoms with E-state index in [9.17, 15) is 14.4 Å². The van der Waals surface area contributed by atoms with Gasteiger partial charge in [0.25, 0.3) is 5.91 Å². The molecule has 124 valence electrons. The van der Waals surface area contributed by atoms with Crippen LogP contribution in [0.5, 0.6) is 0 Å². The Bertz CT molecular complexity index is 584. The number of rotatable bonds is 4. The molecular weight excluding hydrogens is 338 g/mol. The van der Waals surface area contributed by atoms with Crippen molar-refractivity contribution in [2.45, 2.75) is 17.6 Å². The van der Waals surface area contributed by atoms with Crippen molar-refractivity contribution in [3.8, 4) is 0 Å². The standard InChI is InChI=1S/C15H17NO5S2/c1-9(12(17)16-15(19)20-2)21-13(18)10-3-5-11(6-4-10)14-22-7-8-23-14/h3-6,9,14H,7-8H2,1-2H3,(H,16,17,19)/t9-/m0/s1. The van der Waals surface area contributed by atoms with Gasteiger partial charge in [0.15, 0.2) is 6.10 Å². The van der Waals surface area contributed by atoms with Gasteiger partial charge in [0.1, 0.15) is 0 Å². The summed E-state index contributed by atoms with van der Waals surface area (Å²) in [4.78, 5) is 34.6. The maximum atomic E-state index is 12.0. The maximum Gasteiger partial charge on any atom is 0.413 e. The summed E-state index contributed by atoms with van der Waals surface area (Å²) in [6, 6.07) is 7.15. The zero-order valence-electron chi connectivity index (χ0n) is 12.7. The van der Waals surface area contributed by atoms with E-state index in [1.54, 1.807) is 12.1 Å². The van der Waals surface area contributed by atoms with Gasteiger partial charge in [-0.05, 0) is 24.6 Å². The Morgan fingerprint density at radius 2 is 1.78 bits per heavy atom. The molecule has 23 heavy (non-hydrogen) atoms. The second-order valence-electron chi connectivity index (χ2n) is 4.72. The maximum absolute atomic E-state index is 12.0. The van der Waals surface area contributed by atoms with Gasteiger partial charge < -0.3 is 9.47 Å². The van der Waals surface area contributed by atoms with E-state index in [-0.39, 0.29) is 0 Å². The van der Waals surface area contributed by atoms with Crippen molar-refractivity contribution in [3.05, 3.63) is 35.4 Å². The molecule has 0 unspecified atom stereocenters. The molecule has 1 atom stereocenters. The summed E-state index contributed by atoms with van der Waals surface area (Å²) in [6.45, 7) is 1.39. The molecule has 1 aliphatic heterocycles. The Kier molecular flexibility index (Phi) is 6.35. The highest BCUT2D eigenvalue weighted by molar-refractivity contribution is 8.19. The third kappa shape index (κ3) is 4.90. The van der Waals surface area contributed by atoms with Crippen molar-refractivity contribution in [1.29, 1.82) is 0 Å². The van der Waals surface area contributed by atoms with E-state index in [2.05, 4.69) is 4.74 Å². The number of hydrogen-bond acceptors (Lipinski definition) is 7. The summed E-state index contributed by atoms with van der Waals surface area (Å²) in [7, 11) is 1.14. The lowest BCUT2D eigenvalue weighted by Crippen LogP contribution is -2.39. The molecule has 8 heteroatoms. The van der Waals surface area contributed by atoms with Crippen molar-refractivity contribution < 1.29 is 23.9 Å². The Balaban J connectivity index is 1.92. The number of ether oxygens (including phenoxy) is 2. The number of carbonyl (C=O) groups excluding carboxylic acids is 3. The first kappa shape index (κ1) is 17.7. The number of alkyl carbamates (subject to hydrolysis) is 1. The first-order valence-electron chi connectivity index (χ1n) is 6.94. The van der Waals surface area contributed by atoms with Crippen molar-refractivity contribution in [2.24, 2.45) is 0 Å². The van der Waals surface area contributed by atoms with Crippen LogP contribution in [0.4, 0.5) is 4.79 Å². The SMILES string of the molecule is COC(=O)NC(=O)[C@H](C)OC(=O)c1ccc(C2SCCS2)cc1. The van der Waals surface area contributed by atoms with Gasteiger partial charge in [-0.15, -0.1) is 23.5 Å². The largest absolute Gasteiger partial charge is 0.453 e. The lowest BCUT2D eigenvalue weighted by molar-refractivity contribution is -0.128. The first-order valence-corrected chi connectivity index (χ1v) is 9.04. The lowest BCUT2D eigenvalue weighted by Gasteiger charge is -2.13. The molecule has 1 heterocycles. The lowest BCUT2D eigenvalue weighted by atomic mass is 10.1. The fourth-order valence-corrected chi connectivity index (χ4v) is 4.72. The number of amides is 2. The molecule has 1 fully saturated rings. The zero-order chi connectivity index (χ0) is 16.8. The first-order chi connectivity index (χ1) is 11.0. The Morgan fingerprint density at radius 1 is 1.17 bits per heavy atom. The average molecular weight is 355 g/mol. The van der Waals surface area contributed by atoms with E-state index in [0.717, 1.165) is 24.2 Å². The number of imide groups is 1. The van der Waals surface area contributed by atoms with Gasteiger partial charge in [0, 0.05) is 11.5 Å². The van der Waals surface area contributed by atoms with Gasteiger partial charge >= 0.3 is 12.1 Å². The average Bonchev–Trinajstić information content (AvgIpc) is 3.09. The minimum Gasteiger partial charge on any atom is -0.453 e. The normalized spacial score (nSPS) is 15.7. The highest BCUT2D eigenvalue weighted by atomic mass is 32.2. The molecule has 0 aliphatic carbocycles. The second-order valence-corrected chi connectivity index (χ2v) is 7.45. The monoisotopic (exact) mass is 355 g/mol. The summed E-state index contributed by atoms with van der Waals surface area (Å²) >= 11 is 3.76. The van der Waals surface area contributed by atoms with Crippen LogP contribution in [0.15, 0.2) is 24.3 Å². The fraction of sp³-hybridized carbons (Fsp3) is 0.400. The highest BCUT2D eigenvalue weighted by Gasteiger charge is 2.22. The van der Waals surface area contributed by atoms with E-state index in [1.165, 1.54) is 6.92 Å². The highest BCUT2D eigenvalue weighted by Crippen LogP contribution is 2.45. The van der Waals surface area contributed by atoms with Crippen molar-refractivity contribution in [1.82, 2.24) is 5.32 Å².